The fourth-order valence-corrected chi connectivity index (χ4v) is 4.11. The Morgan fingerprint density at radius 1 is 1.19 bits per heavy atom. The lowest BCUT2D eigenvalue weighted by Gasteiger charge is -2.31. The lowest BCUT2D eigenvalue weighted by Crippen LogP contribution is -2.50. The van der Waals surface area contributed by atoms with Crippen LogP contribution >= 0.6 is 11.6 Å². The van der Waals surface area contributed by atoms with E-state index in [4.69, 9.17) is 11.6 Å². The van der Waals surface area contributed by atoms with Gasteiger partial charge in [0.05, 0.1) is 11.9 Å². The number of hydrogen-bond acceptors (Lipinski definition) is 4. The maximum Gasteiger partial charge on any atom is 0.244 e. The number of anilines is 1. The summed E-state index contributed by atoms with van der Waals surface area (Å²) in [6, 6.07) is 9.63. The van der Waals surface area contributed by atoms with Gasteiger partial charge in [0, 0.05) is 24.2 Å². The van der Waals surface area contributed by atoms with E-state index in [0.717, 1.165) is 15.5 Å². The molecule has 0 aromatic heterocycles. The summed E-state index contributed by atoms with van der Waals surface area (Å²) in [5.74, 6) is -1.66. The van der Waals surface area contributed by atoms with Gasteiger partial charge in [-0.2, -0.15) is 0 Å². The van der Waals surface area contributed by atoms with E-state index in [2.05, 4.69) is 5.32 Å². The zero-order valence-electron chi connectivity index (χ0n) is 17.7. The third-order valence-corrected chi connectivity index (χ3v) is 6.19. The first-order valence-corrected chi connectivity index (χ1v) is 11.7. The average Bonchev–Trinajstić information content (AvgIpc) is 2.71. The van der Waals surface area contributed by atoms with Crippen LogP contribution in [-0.4, -0.2) is 51.0 Å². The number of sulfonamides is 1. The minimum Gasteiger partial charge on any atom is -0.357 e. The predicted molar refractivity (Wildman–Crippen MR) is 119 cm³/mol. The van der Waals surface area contributed by atoms with Gasteiger partial charge in [0.15, 0.2) is 0 Å². The number of hydrogen-bond donors (Lipinski definition) is 1. The van der Waals surface area contributed by atoms with E-state index < -0.39 is 40.2 Å². The van der Waals surface area contributed by atoms with Crippen LogP contribution < -0.4 is 9.62 Å². The second-order valence-electron chi connectivity index (χ2n) is 7.10. The third kappa shape index (κ3) is 6.18. The van der Waals surface area contributed by atoms with Crippen LogP contribution in [0.25, 0.3) is 0 Å². The molecule has 7 nitrogen and oxygen atoms in total. The molecule has 0 aliphatic rings. The summed E-state index contributed by atoms with van der Waals surface area (Å²) >= 11 is 6.03. The normalized spacial score (nSPS) is 12.2. The number of carbonyl (C=O) groups excluding carboxylic acids is 2. The number of likely N-dealkylation sites (N-methyl/N-ethyl adjacent to an activating group) is 1. The molecule has 0 aliphatic carbocycles. The molecule has 0 spiro atoms. The van der Waals surface area contributed by atoms with Crippen LogP contribution in [0.2, 0.25) is 5.02 Å². The largest absolute Gasteiger partial charge is 0.357 e. The Labute approximate surface area is 186 Å². The lowest BCUT2D eigenvalue weighted by atomic mass is 10.1. The topological polar surface area (TPSA) is 86.8 Å². The van der Waals surface area contributed by atoms with E-state index in [-0.39, 0.29) is 17.8 Å². The number of halogens is 2. The van der Waals surface area contributed by atoms with Crippen LogP contribution in [0.5, 0.6) is 0 Å². The van der Waals surface area contributed by atoms with Crippen molar-refractivity contribution in [2.24, 2.45) is 0 Å². The van der Waals surface area contributed by atoms with Gasteiger partial charge in [-0.05, 0) is 37.6 Å². The highest BCUT2D eigenvalue weighted by Gasteiger charge is 2.30. The molecule has 0 bridgehead atoms. The van der Waals surface area contributed by atoms with Gasteiger partial charge in [-0.1, -0.05) is 35.9 Å². The molecule has 2 amide bonds. The highest BCUT2D eigenvalue weighted by molar-refractivity contribution is 7.92. The summed E-state index contributed by atoms with van der Waals surface area (Å²) in [5.41, 5.74) is 1.06. The Morgan fingerprint density at radius 2 is 1.84 bits per heavy atom. The van der Waals surface area contributed by atoms with Crippen molar-refractivity contribution in [2.45, 2.75) is 26.4 Å². The SMILES string of the molecule is CNC(=O)[C@@H](C)N(Cc1ccccc1F)C(=O)CN(c1cc(Cl)ccc1C)S(C)(=O)=O. The Kier molecular flexibility index (Phi) is 8.02. The van der Waals surface area contributed by atoms with Crippen molar-refractivity contribution in [3.05, 3.63) is 64.4 Å². The van der Waals surface area contributed by atoms with Gasteiger partial charge in [-0.25, -0.2) is 12.8 Å². The standard InChI is InChI=1S/C21H25ClFN3O4S/c1-14-9-10-17(22)11-19(14)26(31(4,29)30)13-20(27)25(15(2)21(28)24-3)12-16-7-5-6-8-18(16)23/h5-11,15H,12-13H2,1-4H3,(H,24,28)/t15-/m1/s1. The Hall–Kier alpha value is -2.65. The smallest absolute Gasteiger partial charge is 0.244 e. The molecule has 2 rings (SSSR count). The van der Waals surface area contributed by atoms with E-state index in [1.807, 2.05) is 0 Å². The van der Waals surface area contributed by atoms with Crippen LogP contribution in [0.4, 0.5) is 10.1 Å². The van der Waals surface area contributed by atoms with E-state index in [1.165, 1.54) is 38.2 Å². The van der Waals surface area contributed by atoms with Crippen LogP contribution in [0.3, 0.4) is 0 Å². The summed E-state index contributed by atoms with van der Waals surface area (Å²) in [6.07, 6.45) is 0.976. The van der Waals surface area contributed by atoms with Crippen molar-refractivity contribution in [1.82, 2.24) is 10.2 Å². The van der Waals surface area contributed by atoms with Gasteiger partial charge in [-0.15, -0.1) is 0 Å². The number of benzene rings is 2. The van der Waals surface area contributed by atoms with Gasteiger partial charge in [-0.3, -0.25) is 13.9 Å². The second-order valence-corrected chi connectivity index (χ2v) is 9.45. The zero-order valence-corrected chi connectivity index (χ0v) is 19.3. The molecule has 2 aromatic carbocycles. The van der Waals surface area contributed by atoms with Crippen molar-refractivity contribution in [1.29, 1.82) is 0 Å². The molecule has 0 heterocycles. The van der Waals surface area contributed by atoms with Gasteiger partial charge >= 0.3 is 0 Å². The molecule has 0 saturated heterocycles. The third-order valence-electron chi connectivity index (χ3n) is 4.83. The molecule has 0 unspecified atom stereocenters. The molecular formula is C21H25ClFN3O4S. The number of carbonyl (C=O) groups is 2. The number of aryl methyl sites for hydroxylation is 1. The quantitative estimate of drug-likeness (QED) is 0.644. The average molecular weight is 470 g/mol. The van der Waals surface area contributed by atoms with Gasteiger partial charge in [0.25, 0.3) is 0 Å². The van der Waals surface area contributed by atoms with Crippen LogP contribution in [0, 0.1) is 12.7 Å². The summed E-state index contributed by atoms with van der Waals surface area (Å²) in [6.45, 7) is 2.41. The van der Waals surface area contributed by atoms with E-state index >= 15 is 0 Å². The van der Waals surface area contributed by atoms with Gasteiger partial charge in [0.1, 0.15) is 18.4 Å². The molecule has 0 saturated carbocycles. The molecule has 31 heavy (non-hydrogen) atoms. The molecule has 0 fully saturated rings. The second kappa shape index (κ2) is 10.1. The Morgan fingerprint density at radius 3 is 2.42 bits per heavy atom. The highest BCUT2D eigenvalue weighted by Crippen LogP contribution is 2.26. The molecule has 10 heteroatoms. The first kappa shape index (κ1) is 24.6. The summed E-state index contributed by atoms with van der Waals surface area (Å²) in [5, 5.41) is 2.77. The number of rotatable bonds is 8. The van der Waals surface area contributed by atoms with Crippen molar-refractivity contribution in [3.63, 3.8) is 0 Å². The molecule has 1 N–H and O–H groups in total. The molecule has 0 radical (unpaired) electrons. The number of nitrogens with zero attached hydrogens (tertiary/aromatic N) is 2. The highest BCUT2D eigenvalue weighted by atomic mass is 35.5. The van der Waals surface area contributed by atoms with Crippen molar-refractivity contribution < 1.29 is 22.4 Å². The van der Waals surface area contributed by atoms with Crippen LogP contribution in [-0.2, 0) is 26.2 Å². The Balaban J connectivity index is 2.45. The minimum atomic E-state index is -3.87. The molecular weight excluding hydrogens is 445 g/mol. The first-order chi connectivity index (χ1) is 14.5. The Bertz CT molecular complexity index is 1080. The van der Waals surface area contributed by atoms with Crippen LogP contribution in [0.1, 0.15) is 18.1 Å². The van der Waals surface area contributed by atoms with E-state index in [1.54, 1.807) is 25.1 Å². The van der Waals surface area contributed by atoms with Crippen LogP contribution in [0.15, 0.2) is 42.5 Å². The maximum absolute atomic E-state index is 14.2. The van der Waals surface area contributed by atoms with E-state index in [9.17, 15) is 22.4 Å². The van der Waals surface area contributed by atoms with Gasteiger partial charge in [0.2, 0.25) is 21.8 Å². The van der Waals surface area contributed by atoms with Crippen molar-refractivity contribution in [3.8, 4) is 0 Å². The van der Waals surface area contributed by atoms with Crippen molar-refractivity contribution >= 4 is 39.1 Å². The first-order valence-electron chi connectivity index (χ1n) is 9.44. The number of nitrogens with one attached hydrogen (secondary N) is 1. The molecule has 1 atom stereocenters. The summed E-state index contributed by atoms with van der Waals surface area (Å²) in [7, 11) is -2.45. The number of amides is 2. The van der Waals surface area contributed by atoms with E-state index in [0.29, 0.717) is 10.6 Å². The fraction of sp³-hybridized carbons (Fsp3) is 0.333. The van der Waals surface area contributed by atoms with Gasteiger partial charge < -0.3 is 10.2 Å². The summed E-state index contributed by atoms with van der Waals surface area (Å²) in [4.78, 5) is 26.6. The zero-order chi connectivity index (χ0) is 23.3. The maximum atomic E-state index is 14.2. The monoisotopic (exact) mass is 469 g/mol. The summed E-state index contributed by atoms with van der Waals surface area (Å²) < 4.78 is 40.1. The lowest BCUT2D eigenvalue weighted by molar-refractivity contribution is -0.139. The minimum absolute atomic E-state index is 0.202. The fourth-order valence-electron chi connectivity index (χ4n) is 3.05. The predicted octanol–water partition coefficient (Wildman–Crippen LogP) is 2.72. The molecule has 0 aliphatic heterocycles. The molecule has 2 aromatic rings. The molecule has 168 valence electrons. The van der Waals surface area contributed by atoms with Crippen molar-refractivity contribution in [2.75, 3.05) is 24.2 Å².